The SMILES string of the molecule is CCCC1=C(C(=O)OCC)[C@H](c2ccccc2Cl)C(C#N)=C(SCC(=O)Nc2ccc(Cl)cc2)N1. The number of carbonyl (C=O) groups excluding carboxylic acids is 2. The largest absolute Gasteiger partial charge is 0.463 e. The lowest BCUT2D eigenvalue weighted by atomic mass is 9.81. The Bertz CT molecular complexity index is 1200. The van der Waals surface area contributed by atoms with Crippen molar-refractivity contribution < 1.29 is 14.3 Å². The third-order valence-corrected chi connectivity index (χ3v) is 6.83. The van der Waals surface area contributed by atoms with Crippen LogP contribution in [0.3, 0.4) is 0 Å². The van der Waals surface area contributed by atoms with Gasteiger partial charge in [0.15, 0.2) is 0 Å². The average Bonchev–Trinajstić information content (AvgIpc) is 2.84. The number of amides is 1. The molecule has 3 rings (SSSR count). The van der Waals surface area contributed by atoms with Crippen LogP contribution >= 0.6 is 35.0 Å². The predicted molar refractivity (Wildman–Crippen MR) is 141 cm³/mol. The second-order valence-corrected chi connectivity index (χ2v) is 9.47. The molecule has 1 aliphatic heterocycles. The first kappa shape index (κ1) is 26.7. The molecule has 6 nitrogen and oxygen atoms in total. The molecular formula is C26H25Cl2N3O3S. The molecular weight excluding hydrogens is 505 g/mol. The van der Waals surface area contributed by atoms with Gasteiger partial charge in [0.05, 0.1) is 40.5 Å². The Morgan fingerprint density at radius 2 is 1.86 bits per heavy atom. The zero-order valence-electron chi connectivity index (χ0n) is 19.4. The summed E-state index contributed by atoms with van der Waals surface area (Å²) < 4.78 is 5.36. The van der Waals surface area contributed by atoms with Gasteiger partial charge in [-0.1, -0.05) is 66.5 Å². The molecule has 1 amide bonds. The van der Waals surface area contributed by atoms with Gasteiger partial charge in [0.1, 0.15) is 0 Å². The van der Waals surface area contributed by atoms with Crippen LogP contribution < -0.4 is 10.6 Å². The molecule has 0 fully saturated rings. The molecule has 9 heteroatoms. The number of hydrogen-bond donors (Lipinski definition) is 2. The van der Waals surface area contributed by atoms with Crippen LogP contribution in [0.25, 0.3) is 0 Å². The Labute approximate surface area is 219 Å². The zero-order chi connectivity index (χ0) is 25.4. The highest BCUT2D eigenvalue weighted by Crippen LogP contribution is 2.44. The number of thioether (sulfide) groups is 1. The smallest absolute Gasteiger partial charge is 0.336 e. The summed E-state index contributed by atoms with van der Waals surface area (Å²) in [6, 6.07) is 16.2. The standard InChI is InChI=1S/C26H25Cl2N3O3S/c1-3-7-21-24(26(33)34-4-2)23(18-8-5-6-9-20(18)28)19(14-29)25(31-21)35-15-22(32)30-17-12-10-16(27)11-13-17/h5-6,8-13,23,31H,3-4,7,15H2,1-2H3,(H,30,32)/t23-/m1/s1. The van der Waals surface area contributed by atoms with E-state index in [9.17, 15) is 14.9 Å². The quantitative estimate of drug-likeness (QED) is 0.365. The van der Waals surface area contributed by atoms with E-state index in [1.165, 1.54) is 11.8 Å². The maximum absolute atomic E-state index is 13.1. The number of dihydropyridines is 1. The van der Waals surface area contributed by atoms with E-state index >= 15 is 0 Å². The average molecular weight is 530 g/mol. The van der Waals surface area contributed by atoms with Crippen LogP contribution in [0, 0.1) is 11.3 Å². The van der Waals surface area contributed by atoms with Crippen molar-refractivity contribution in [1.29, 1.82) is 5.26 Å². The van der Waals surface area contributed by atoms with Gasteiger partial charge < -0.3 is 15.4 Å². The van der Waals surface area contributed by atoms with Gasteiger partial charge in [-0.2, -0.15) is 5.26 Å². The molecule has 35 heavy (non-hydrogen) atoms. The van der Waals surface area contributed by atoms with Gasteiger partial charge >= 0.3 is 5.97 Å². The maximum atomic E-state index is 13.1. The maximum Gasteiger partial charge on any atom is 0.336 e. The summed E-state index contributed by atoms with van der Waals surface area (Å²) in [7, 11) is 0. The Morgan fingerprint density at radius 1 is 1.14 bits per heavy atom. The van der Waals surface area contributed by atoms with Crippen LogP contribution in [0.2, 0.25) is 10.0 Å². The number of rotatable bonds is 9. The molecule has 0 aromatic heterocycles. The van der Waals surface area contributed by atoms with E-state index in [4.69, 9.17) is 27.9 Å². The van der Waals surface area contributed by atoms with Crippen LogP contribution in [0.4, 0.5) is 5.69 Å². The number of nitrogens with zero attached hydrogens (tertiary/aromatic N) is 1. The Kier molecular flexibility index (Phi) is 9.67. The molecule has 2 N–H and O–H groups in total. The van der Waals surface area contributed by atoms with Crippen molar-refractivity contribution in [3.05, 3.63) is 86.0 Å². The number of carbonyl (C=O) groups is 2. The number of anilines is 1. The van der Waals surface area contributed by atoms with Crippen molar-refractivity contribution in [3.8, 4) is 6.07 Å². The summed E-state index contributed by atoms with van der Waals surface area (Å²) in [6.45, 7) is 3.94. The third-order valence-electron chi connectivity index (χ3n) is 5.22. The highest BCUT2D eigenvalue weighted by Gasteiger charge is 2.37. The van der Waals surface area contributed by atoms with Gasteiger partial charge in [-0.25, -0.2) is 4.79 Å². The summed E-state index contributed by atoms with van der Waals surface area (Å²) in [5.74, 6) is -1.39. The highest BCUT2D eigenvalue weighted by atomic mass is 35.5. The van der Waals surface area contributed by atoms with Crippen molar-refractivity contribution >= 4 is 52.5 Å². The first-order chi connectivity index (χ1) is 16.9. The predicted octanol–water partition coefficient (Wildman–Crippen LogP) is 6.40. The summed E-state index contributed by atoms with van der Waals surface area (Å²) in [5, 5.41) is 17.8. The minimum Gasteiger partial charge on any atom is -0.463 e. The monoisotopic (exact) mass is 529 g/mol. The van der Waals surface area contributed by atoms with E-state index in [0.29, 0.717) is 49.6 Å². The Hall–Kier alpha value is -2.92. The normalized spacial score (nSPS) is 15.3. The lowest BCUT2D eigenvalue weighted by Crippen LogP contribution is -2.30. The second kappa shape index (κ2) is 12.7. The minimum absolute atomic E-state index is 0.0551. The molecule has 1 heterocycles. The van der Waals surface area contributed by atoms with Crippen LogP contribution in [0.1, 0.15) is 38.2 Å². The van der Waals surface area contributed by atoms with Crippen LogP contribution in [0.5, 0.6) is 0 Å². The van der Waals surface area contributed by atoms with E-state index in [-0.39, 0.29) is 18.3 Å². The summed E-state index contributed by atoms with van der Waals surface area (Å²) in [5.41, 5.74) is 2.60. The molecule has 2 aromatic rings. The number of allylic oxidation sites excluding steroid dienone is 2. The topological polar surface area (TPSA) is 91.2 Å². The fraction of sp³-hybridized carbons (Fsp3) is 0.269. The highest BCUT2D eigenvalue weighted by molar-refractivity contribution is 8.03. The first-order valence-corrected chi connectivity index (χ1v) is 12.9. The number of nitriles is 1. The molecule has 1 aliphatic rings. The van der Waals surface area contributed by atoms with E-state index in [2.05, 4.69) is 16.7 Å². The van der Waals surface area contributed by atoms with Crippen LogP contribution in [-0.2, 0) is 14.3 Å². The van der Waals surface area contributed by atoms with Gasteiger partial charge in [0.2, 0.25) is 5.91 Å². The molecule has 0 saturated carbocycles. The van der Waals surface area contributed by atoms with E-state index in [1.54, 1.807) is 49.4 Å². The molecule has 1 atom stereocenters. The molecule has 0 bridgehead atoms. The summed E-state index contributed by atoms with van der Waals surface area (Å²) in [6.07, 6.45) is 1.33. The molecule has 182 valence electrons. The fourth-order valence-corrected chi connectivity index (χ4v) is 4.97. The van der Waals surface area contributed by atoms with Crippen molar-refractivity contribution in [2.45, 2.75) is 32.6 Å². The van der Waals surface area contributed by atoms with Gasteiger partial charge in [0.25, 0.3) is 0 Å². The summed E-state index contributed by atoms with van der Waals surface area (Å²) >= 11 is 13.6. The molecule has 0 radical (unpaired) electrons. The van der Waals surface area contributed by atoms with Gasteiger partial charge in [0, 0.05) is 21.4 Å². The lowest BCUT2D eigenvalue weighted by Gasteiger charge is -2.31. The fourth-order valence-electron chi connectivity index (χ4n) is 3.74. The summed E-state index contributed by atoms with van der Waals surface area (Å²) in [4.78, 5) is 25.7. The van der Waals surface area contributed by atoms with Crippen molar-refractivity contribution in [1.82, 2.24) is 5.32 Å². The number of hydrogen-bond acceptors (Lipinski definition) is 6. The number of nitrogens with one attached hydrogen (secondary N) is 2. The van der Waals surface area contributed by atoms with Crippen LogP contribution in [-0.4, -0.2) is 24.2 Å². The molecule has 0 saturated heterocycles. The second-order valence-electron chi connectivity index (χ2n) is 7.64. The van der Waals surface area contributed by atoms with Gasteiger partial charge in [-0.15, -0.1) is 0 Å². The minimum atomic E-state index is -0.711. The molecule has 0 spiro atoms. The number of ether oxygens (including phenoxy) is 1. The third kappa shape index (κ3) is 6.61. The first-order valence-electron chi connectivity index (χ1n) is 11.1. The van der Waals surface area contributed by atoms with Crippen molar-refractivity contribution in [2.24, 2.45) is 0 Å². The Morgan fingerprint density at radius 3 is 2.49 bits per heavy atom. The van der Waals surface area contributed by atoms with E-state index < -0.39 is 11.9 Å². The van der Waals surface area contributed by atoms with Crippen LogP contribution in [0.15, 0.2) is 70.4 Å². The number of benzene rings is 2. The zero-order valence-corrected chi connectivity index (χ0v) is 21.7. The van der Waals surface area contributed by atoms with Gasteiger partial charge in [-0.3, -0.25) is 4.79 Å². The lowest BCUT2D eigenvalue weighted by molar-refractivity contribution is -0.138. The number of esters is 1. The number of halogens is 2. The molecule has 0 aliphatic carbocycles. The van der Waals surface area contributed by atoms with E-state index in [0.717, 1.165) is 6.42 Å². The van der Waals surface area contributed by atoms with E-state index in [1.807, 2.05) is 13.0 Å². The Balaban J connectivity index is 1.97. The molecule has 0 unspecified atom stereocenters. The van der Waals surface area contributed by atoms with Gasteiger partial charge in [-0.05, 0) is 49.2 Å². The van der Waals surface area contributed by atoms with Crippen molar-refractivity contribution in [2.75, 3.05) is 17.7 Å². The molecule has 2 aromatic carbocycles. The van der Waals surface area contributed by atoms with Crippen molar-refractivity contribution in [3.63, 3.8) is 0 Å².